The summed E-state index contributed by atoms with van der Waals surface area (Å²) in [5.41, 5.74) is 0.943. The van der Waals surface area contributed by atoms with Gasteiger partial charge in [0.2, 0.25) is 15.9 Å². The molecule has 3 rings (SSSR count). The molecule has 33 heavy (non-hydrogen) atoms. The Kier molecular flexibility index (Phi) is 8.81. The van der Waals surface area contributed by atoms with E-state index in [-0.39, 0.29) is 17.2 Å². The normalized spacial score (nSPS) is 15.1. The van der Waals surface area contributed by atoms with Crippen LogP contribution < -0.4 is 15.4 Å². The molecule has 0 aliphatic carbocycles. The third kappa shape index (κ3) is 7.28. The lowest BCUT2D eigenvalue weighted by Gasteiger charge is -2.33. The summed E-state index contributed by atoms with van der Waals surface area (Å²) in [4.78, 5) is 26.2. The van der Waals surface area contributed by atoms with Crippen LogP contribution in [0.3, 0.4) is 0 Å². The summed E-state index contributed by atoms with van der Waals surface area (Å²) in [6.07, 6.45) is 0.157. The zero-order valence-corrected chi connectivity index (χ0v) is 19.5. The summed E-state index contributed by atoms with van der Waals surface area (Å²) in [5.74, 6) is 0.262. The molecular formula is C23H30N4O5S. The van der Waals surface area contributed by atoms with Crippen molar-refractivity contribution in [3.63, 3.8) is 0 Å². The minimum Gasteiger partial charge on any atom is -0.494 e. The van der Waals surface area contributed by atoms with Gasteiger partial charge in [0, 0.05) is 45.7 Å². The number of carbonyl (C=O) groups excluding carboxylic acids is 2. The van der Waals surface area contributed by atoms with Crippen LogP contribution in [0.25, 0.3) is 0 Å². The smallest absolute Gasteiger partial charge is 0.321 e. The number of nitrogens with zero attached hydrogens (tertiary/aromatic N) is 2. The van der Waals surface area contributed by atoms with Crippen molar-refractivity contribution in [2.24, 2.45) is 0 Å². The molecule has 3 amide bonds. The molecule has 0 saturated carbocycles. The van der Waals surface area contributed by atoms with Crippen LogP contribution in [0.2, 0.25) is 0 Å². The Balaban J connectivity index is 1.39. The predicted molar refractivity (Wildman–Crippen MR) is 124 cm³/mol. The maximum absolute atomic E-state index is 12.9. The third-order valence-electron chi connectivity index (χ3n) is 5.31. The van der Waals surface area contributed by atoms with Gasteiger partial charge in [-0.3, -0.25) is 10.1 Å². The highest BCUT2D eigenvalue weighted by molar-refractivity contribution is 7.89. The van der Waals surface area contributed by atoms with E-state index in [4.69, 9.17) is 4.74 Å². The number of ether oxygens (including phenoxy) is 1. The van der Waals surface area contributed by atoms with Gasteiger partial charge < -0.3 is 15.0 Å². The Morgan fingerprint density at radius 3 is 2.27 bits per heavy atom. The Morgan fingerprint density at radius 1 is 0.970 bits per heavy atom. The number of urea groups is 1. The lowest BCUT2D eigenvalue weighted by Crippen LogP contribution is -2.49. The number of sulfonamides is 1. The van der Waals surface area contributed by atoms with Crippen molar-refractivity contribution in [2.45, 2.75) is 24.8 Å². The van der Waals surface area contributed by atoms with Gasteiger partial charge in [0.05, 0.1) is 11.5 Å². The molecule has 1 fully saturated rings. The molecule has 0 radical (unpaired) electrons. The average Bonchev–Trinajstić information content (AvgIpc) is 2.83. The highest BCUT2D eigenvalue weighted by Gasteiger charge is 2.28. The van der Waals surface area contributed by atoms with Gasteiger partial charge >= 0.3 is 6.03 Å². The number of hydrogen-bond donors (Lipinski definition) is 2. The van der Waals surface area contributed by atoms with E-state index in [0.29, 0.717) is 51.6 Å². The van der Waals surface area contributed by atoms with E-state index >= 15 is 0 Å². The SMILES string of the molecule is CCOc1ccc(S(=O)(=O)N2CCN(CCC(=O)NC(=O)NCc3ccccc3)CC2)cc1. The fourth-order valence-electron chi connectivity index (χ4n) is 3.49. The second-order valence-electron chi connectivity index (χ2n) is 7.62. The van der Waals surface area contributed by atoms with Crippen LogP contribution >= 0.6 is 0 Å². The van der Waals surface area contributed by atoms with Gasteiger partial charge in [0.1, 0.15) is 5.75 Å². The van der Waals surface area contributed by atoms with Crippen molar-refractivity contribution in [1.82, 2.24) is 19.8 Å². The van der Waals surface area contributed by atoms with Crippen molar-refractivity contribution in [2.75, 3.05) is 39.3 Å². The lowest BCUT2D eigenvalue weighted by molar-refractivity contribution is -0.120. The molecule has 2 aromatic rings. The van der Waals surface area contributed by atoms with E-state index < -0.39 is 16.1 Å². The number of nitrogens with one attached hydrogen (secondary N) is 2. The summed E-state index contributed by atoms with van der Waals surface area (Å²) in [6, 6.07) is 15.3. The maximum Gasteiger partial charge on any atom is 0.321 e. The van der Waals surface area contributed by atoms with Crippen LogP contribution in [-0.4, -0.2) is 68.9 Å². The van der Waals surface area contributed by atoms with Gasteiger partial charge in [-0.2, -0.15) is 4.31 Å². The average molecular weight is 475 g/mol. The van der Waals surface area contributed by atoms with Gasteiger partial charge in [-0.05, 0) is 36.8 Å². The Hall–Kier alpha value is -2.95. The summed E-state index contributed by atoms with van der Waals surface area (Å²) < 4.78 is 32.6. The van der Waals surface area contributed by atoms with Gasteiger partial charge in [0.15, 0.2) is 0 Å². The number of rotatable bonds is 9. The first-order valence-electron chi connectivity index (χ1n) is 11.0. The standard InChI is InChI=1S/C23H30N4O5S/c1-2-32-20-8-10-21(11-9-20)33(30,31)27-16-14-26(15-17-27)13-12-22(28)25-23(29)24-18-19-6-4-3-5-7-19/h3-11H,2,12-18H2,1H3,(H2,24,25,28,29). The fraction of sp³-hybridized carbons (Fsp3) is 0.391. The molecule has 0 unspecified atom stereocenters. The molecular weight excluding hydrogens is 444 g/mol. The van der Waals surface area contributed by atoms with Gasteiger partial charge in [0.25, 0.3) is 0 Å². The highest BCUT2D eigenvalue weighted by Crippen LogP contribution is 2.21. The molecule has 2 aromatic carbocycles. The molecule has 1 aliphatic rings. The Bertz CT molecular complexity index is 1020. The molecule has 0 atom stereocenters. The number of hydrogen-bond acceptors (Lipinski definition) is 6. The molecule has 0 spiro atoms. The Morgan fingerprint density at radius 2 is 1.64 bits per heavy atom. The van der Waals surface area contributed by atoms with Crippen molar-refractivity contribution >= 4 is 22.0 Å². The largest absolute Gasteiger partial charge is 0.494 e. The van der Waals surface area contributed by atoms with E-state index in [1.807, 2.05) is 42.2 Å². The number of carbonyl (C=O) groups is 2. The zero-order chi connectivity index (χ0) is 23.7. The van der Waals surface area contributed by atoms with E-state index in [1.54, 1.807) is 24.3 Å². The monoisotopic (exact) mass is 474 g/mol. The second-order valence-corrected chi connectivity index (χ2v) is 9.55. The summed E-state index contributed by atoms with van der Waals surface area (Å²) in [5, 5.41) is 4.98. The molecule has 0 aromatic heterocycles. The predicted octanol–water partition coefficient (Wildman–Crippen LogP) is 1.81. The number of amides is 3. The van der Waals surface area contributed by atoms with Gasteiger partial charge in [-0.15, -0.1) is 0 Å². The van der Waals surface area contributed by atoms with Crippen LogP contribution in [0.1, 0.15) is 18.9 Å². The van der Waals surface area contributed by atoms with Crippen LogP contribution in [0.4, 0.5) is 4.79 Å². The second kappa shape index (κ2) is 11.8. The van der Waals surface area contributed by atoms with Crippen LogP contribution in [0, 0.1) is 0 Å². The minimum atomic E-state index is -3.57. The van der Waals surface area contributed by atoms with E-state index in [1.165, 1.54) is 4.31 Å². The lowest BCUT2D eigenvalue weighted by atomic mass is 10.2. The van der Waals surface area contributed by atoms with Crippen LogP contribution in [0.5, 0.6) is 5.75 Å². The van der Waals surface area contributed by atoms with Crippen LogP contribution in [-0.2, 0) is 21.4 Å². The summed E-state index contributed by atoms with van der Waals surface area (Å²) in [7, 11) is -3.57. The topological polar surface area (TPSA) is 108 Å². The van der Waals surface area contributed by atoms with Crippen LogP contribution in [0.15, 0.2) is 59.5 Å². The number of benzene rings is 2. The zero-order valence-electron chi connectivity index (χ0n) is 18.7. The first-order chi connectivity index (χ1) is 15.9. The van der Waals surface area contributed by atoms with Crippen molar-refractivity contribution in [3.8, 4) is 5.75 Å². The Labute approximate surface area is 194 Å². The molecule has 9 nitrogen and oxygen atoms in total. The van der Waals surface area contributed by atoms with Gasteiger partial charge in [-0.1, -0.05) is 30.3 Å². The van der Waals surface area contributed by atoms with E-state index in [2.05, 4.69) is 10.6 Å². The van der Waals surface area contributed by atoms with Crippen molar-refractivity contribution in [3.05, 3.63) is 60.2 Å². The first-order valence-corrected chi connectivity index (χ1v) is 12.4. The molecule has 0 bridgehead atoms. The molecule has 178 valence electrons. The number of piperazine rings is 1. The summed E-state index contributed by atoms with van der Waals surface area (Å²) in [6.45, 7) is 4.90. The molecule has 2 N–H and O–H groups in total. The summed E-state index contributed by atoms with van der Waals surface area (Å²) >= 11 is 0. The quantitative estimate of drug-likeness (QED) is 0.574. The molecule has 10 heteroatoms. The molecule has 1 saturated heterocycles. The highest BCUT2D eigenvalue weighted by atomic mass is 32.2. The van der Waals surface area contributed by atoms with Gasteiger partial charge in [-0.25, -0.2) is 13.2 Å². The van der Waals surface area contributed by atoms with Crippen molar-refractivity contribution in [1.29, 1.82) is 0 Å². The van der Waals surface area contributed by atoms with E-state index in [9.17, 15) is 18.0 Å². The van der Waals surface area contributed by atoms with E-state index in [0.717, 1.165) is 5.56 Å². The minimum absolute atomic E-state index is 0.157. The number of imide groups is 1. The van der Waals surface area contributed by atoms with Crippen molar-refractivity contribution < 1.29 is 22.7 Å². The maximum atomic E-state index is 12.9. The third-order valence-corrected chi connectivity index (χ3v) is 7.22. The first kappa shape index (κ1) is 24.7. The fourth-order valence-corrected chi connectivity index (χ4v) is 4.91. The molecule has 1 heterocycles. The molecule has 1 aliphatic heterocycles.